The molecule has 0 aliphatic heterocycles. The Morgan fingerprint density at radius 1 is 1.62 bits per heavy atom. The van der Waals surface area contributed by atoms with Gasteiger partial charge in [-0.05, 0) is 12.1 Å². The molecule has 1 aromatic rings. The molecule has 0 saturated heterocycles. The van der Waals surface area contributed by atoms with Gasteiger partial charge in [-0.3, -0.25) is 0 Å². The Kier molecular flexibility index (Phi) is 3.00. The van der Waals surface area contributed by atoms with Gasteiger partial charge in [-0.15, -0.1) is 0 Å². The molecular weight excluding hydrogens is 188 g/mol. The normalized spacial score (nSPS) is 15.0. The highest BCUT2D eigenvalue weighted by Gasteiger charge is 2.06. The molecule has 4 nitrogen and oxygen atoms in total. The van der Waals surface area contributed by atoms with Gasteiger partial charge in [-0.2, -0.15) is 0 Å². The zero-order chi connectivity index (χ0) is 9.90. The highest BCUT2D eigenvalue weighted by molar-refractivity contribution is 7.92. The van der Waals surface area contributed by atoms with Crippen LogP contribution in [0.5, 0.6) is 0 Å². The first-order valence-electron chi connectivity index (χ1n) is 3.77. The Bertz CT molecular complexity index is 408. The lowest BCUT2D eigenvalue weighted by Gasteiger charge is -2.02. The van der Waals surface area contributed by atoms with Crippen molar-refractivity contribution in [3.05, 3.63) is 23.9 Å². The van der Waals surface area contributed by atoms with Crippen molar-refractivity contribution in [1.29, 1.82) is 0 Å². The molecule has 13 heavy (non-hydrogen) atoms. The van der Waals surface area contributed by atoms with Gasteiger partial charge in [0.15, 0.2) is 0 Å². The zero-order valence-electron chi connectivity index (χ0n) is 7.60. The van der Waals surface area contributed by atoms with Crippen LogP contribution in [0, 0.1) is 0 Å². The average molecular weight is 200 g/mol. The maximum atomic E-state index is 11.7. The molecule has 5 heteroatoms. The molecule has 1 rings (SSSR count). The second-order valence-corrected chi connectivity index (χ2v) is 5.00. The zero-order valence-corrected chi connectivity index (χ0v) is 8.41. The number of hydrogen-bond acceptors (Lipinski definition) is 4. The Balaban J connectivity index is 3.25. The van der Waals surface area contributed by atoms with Crippen molar-refractivity contribution >= 4 is 9.73 Å². The van der Waals surface area contributed by atoms with E-state index in [9.17, 15) is 4.21 Å². The minimum Gasteiger partial charge on any atom is -0.390 e. The van der Waals surface area contributed by atoms with E-state index in [1.54, 1.807) is 18.2 Å². The van der Waals surface area contributed by atoms with Crippen LogP contribution in [0.4, 0.5) is 0 Å². The van der Waals surface area contributed by atoms with Crippen molar-refractivity contribution < 1.29 is 9.32 Å². The molecule has 1 heterocycles. The molecule has 0 aliphatic rings. The predicted octanol–water partition coefficient (Wildman–Crippen LogP) is 0.660. The molecule has 72 valence electrons. The summed E-state index contributed by atoms with van der Waals surface area (Å²) in [5.41, 5.74) is 0.510. The third kappa shape index (κ3) is 2.26. The lowest BCUT2D eigenvalue weighted by molar-refractivity contribution is 0.276. The van der Waals surface area contributed by atoms with Crippen LogP contribution < -0.4 is 0 Å². The molecule has 1 atom stereocenters. The number of aliphatic hydroxyl groups is 1. The second kappa shape index (κ2) is 3.85. The first-order valence-corrected chi connectivity index (χ1v) is 5.69. The van der Waals surface area contributed by atoms with Gasteiger partial charge in [0.25, 0.3) is 0 Å². The van der Waals surface area contributed by atoms with Crippen LogP contribution in [0.25, 0.3) is 0 Å². The Morgan fingerprint density at radius 3 is 2.85 bits per heavy atom. The number of nitrogens with zero attached hydrogens (tertiary/aromatic N) is 2. The van der Waals surface area contributed by atoms with E-state index in [1.165, 1.54) is 13.3 Å². The fourth-order valence-corrected chi connectivity index (χ4v) is 1.65. The summed E-state index contributed by atoms with van der Waals surface area (Å²) in [6.07, 6.45) is 1.52. The van der Waals surface area contributed by atoms with E-state index in [0.29, 0.717) is 10.7 Å². The molecule has 0 bridgehead atoms. The number of aliphatic hydroxyl groups excluding tert-OH is 1. The van der Waals surface area contributed by atoms with Crippen LogP contribution >= 0.6 is 0 Å². The first kappa shape index (κ1) is 10.1. The van der Waals surface area contributed by atoms with E-state index < -0.39 is 9.73 Å². The highest BCUT2D eigenvalue weighted by Crippen LogP contribution is 2.08. The van der Waals surface area contributed by atoms with Crippen molar-refractivity contribution in [1.82, 2.24) is 4.98 Å². The Hall–Kier alpha value is -0.940. The van der Waals surface area contributed by atoms with Crippen LogP contribution in [0.15, 0.2) is 27.6 Å². The maximum absolute atomic E-state index is 11.7. The first-order chi connectivity index (χ1) is 6.10. The van der Waals surface area contributed by atoms with Gasteiger partial charge < -0.3 is 5.11 Å². The summed E-state index contributed by atoms with van der Waals surface area (Å²) >= 11 is 0. The van der Waals surface area contributed by atoms with Crippen molar-refractivity contribution in [2.75, 3.05) is 13.3 Å². The summed E-state index contributed by atoms with van der Waals surface area (Å²) in [7, 11) is -0.882. The summed E-state index contributed by atoms with van der Waals surface area (Å²) in [5.74, 6) is 0. The molecule has 0 amide bonds. The van der Waals surface area contributed by atoms with E-state index in [4.69, 9.17) is 5.11 Å². The minimum absolute atomic E-state index is 0.146. The van der Waals surface area contributed by atoms with E-state index in [-0.39, 0.29) is 6.61 Å². The molecule has 1 N–H and O–H groups in total. The Labute approximate surface area is 77.8 Å². The molecular formula is C8H12N2O2S. The van der Waals surface area contributed by atoms with Gasteiger partial charge >= 0.3 is 0 Å². The summed E-state index contributed by atoms with van der Waals surface area (Å²) in [4.78, 5) is 4.01. The van der Waals surface area contributed by atoms with Crippen LogP contribution in [-0.4, -0.2) is 27.6 Å². The van der Waals surface area contributed by atoms with Gasteiger partial charge in [0.1, 0.15) is 5.03 Å². The van der Waals surface area contributed by atoms with Gasteiger partial charge in [0.2, 0.25) is 0 Å². The van der Waals surface area contributed by atoms with Gasteiger partial charge in [-0.1, -0.05) is 6.07 Å². The summed E-state index contributed by atoms with van der Waals surface area (Å²) in [6, 6.07) is 5.03. The molecule has 0 fully saturated rings. The monoisotopic (exact) mass is 200 g/mol. The smallest absolute Gasteiger partial charge is 0.135 e. The van der Waals surface area contributed by atoms with Gasteiger partial charge in [0.05, 0.1) is 22.0 Å². The molecule has 1 aromatic heterocycles. The number of rotatable bonds is 2. The van der Waals surface area contributed by atoms with Crippen molar-refractivity contribution in [2.24, 2.45) is 4.36 Å². The standard InChI is InChI=1S/C8H12N2O2S/c1-9-13(2,12)8-5-3-4-7(6-11)10-8/h3-5,11H,6H2,1-2H3. The van der Waals surface area contributed by atoms with Crippen LogP contribution in [0.3, 0.4) is 0 Å². The summed E-state index contributed by atoms with van der Waals surface area (Å²) < 4.78 is 15.5. The molecule has 0 saturated carbocycles. The SMILES string of the molecule is CN=S(C)(=O)c1cccc(CO)n1. The van der Waals surface area contributed by atoms with E-state index >= 15 is 0 Å². The molecule has 0 spiro atoms. The van der Waals surface area contributed by atoms with Gasteiger partial charge in [-0.25, -0.2) is 13.6 Å². The highest BCUT2D eigenvalue weighted by atomic mass is 32.2. The maximum Gasteiger partial charge on any atom is 0.135 e. The summed E-state index contributed by atoms with van der Waals surface area (Å²) in [5, 5.41) is 9.23. The third-order valence-corrected chi connectivity index (χ3v) is 3.38. The molecule has 0 aromatic carbocycles. The summed E-state index contributed by atoms with van der Waals surface area (Å²) in [6.45, 7) is -0.146. The average Bonchev–Trinajstić information content (AvgIpc) is 2.18. The van der Waals surface area contributed by atoms with Crippen molar-refractivity contribution in [3.8, 4) is 0 Å². The van der Waals surface area contributed by atoms with Crippen LogP contribution in [-0.2, 0) is 16.3 Å². The second-order valence-electron chi connectivity index (χ2n) is 2.61. The number of pyridine rings is 1. The van der Waals surface area contributed by atoms with Gasteiger partial charge in [0, 0.05) is 13.3 Å². The van der Waals surface area contributed by atoms with Crippen molar-refractivity contribution in [3.63, 3.8) is 0 Å². The van der Waals surface area contributed by atoms with Crippen LogP contribution in [0.1, 0.15) is 5.69 Å². The van der Waals surface area contributed by atoms with E-state index in [2.05, 4.69) is 9.35 Å². The number of aromatic nitrogens is 1. The van der Waals surface area contributed by atoms with Crippen molar-refractivity contribution in [2.45, 2.75) is 11.6 Å². The Morgan fingerprint density at radius 2 is 2.31 bits per heavy atom. The molecule has 1 unspecified atom stereocenters. The van der Waals surface area contributed by atoms with E-state index in [1.807, 2.05) is 0 Å². The fraction of sp³-hybridized carbons (Fsp3) is 0.375. The number of hydrogen-bond donors (Lipinski definition) is 1. The topological polar surface area (TPSA) is 62.5 Å². The third-order valence-electron chi connectivity index (χ3n) is 1.68. The minimum atomic E-state index is -2.38. The quantitative estimate of drug-likeness (QED) is 0.762. The lowest BCUT2D eigenvalue weighted by atomic mass is 10.4. The lowest BCUT2D eigenvalue weighted by Crippen LogP contribution is -2.02. The predicted molar refractivity (Wildman–Crippen MR) is 50.8 cm³/mol. The van der Waals surface area contributed by atoms with Crippen LogP contribution in [0.2, 0.25) is 0 Å². The molecule has 0 radical (unpaired) electrons. The fourth-order valence-electron chi connectivity index (χ4n) is 0.850. The molecule has 0 aliphatic carbocycles. The van der Waals surface area contributed by atoms with E-state index in [0.717, 1.165) is 0 Å². The largest absolute Gasteiger partial charge is 0.390 e.